The average Bonchev–Trinajstić information content (AvgIpc) is 2.85. The molecule has 1 unspecified atom stereocenters. The van der Waals surface area contributed by atoms with Gasteiger partial charge in [0.2, 0.25) is 0 Å². The van der Waals surface area contributed by atoms with Gasteiger partial charge in [-0.05, 0) is 50.9 Å². The zero-order chi connectivity index (χ0) is 13.1. The molecule has 0 aromatic carbocycles. The van der Waals surface area contributed by atoms with Crippen molar-refractivity contribution in [3.05, 3.63) is 21.4 Å². The maximum atomic E-state index is 3.56. The maximum absolute atomic E-state index is 3.56. The molecule has 1 atom stereocenters. The molecule has 2 heterocycles. The number of hydrogen-bond donors (Lipinski definition) is 1. The monoisotopic (exact) mass is 266 g/mol. The van der Waals surface area contributed by atoms with E-state index in [0.717, 1.165) is 12.5 Å². The summed E-state index contributed by atoms with van der Waals surface area (Å²) in [6.07, 6.45) is 1.35. The van der Waals surface area contributed by atoms with E-state index in [9.17, 15) is 0 Å². The number of likely N-dealkylation sites (tertiary alicyclic amines) is 1. The summed E-state index contributed by atoms with van der Waals surface area (Å²) < 4.78 is 0. The quantitative estimate of drug-likeness (QED) is 0.880. The zero-order valence-corrected chi connectivity index (χ0v) is 12.9. The van der Waals surface area contributed by atoms with Crippen molar-refractivity contribution in [1.29, 1.82) is 0 Å². The third-order valence-electron chi connectivity index (χ3n) is 3.78. The zero-order valence-electron chi connectivity index (χ0n) is 12.1. The van der Waals surface area contributed by atoms with Crippen LogP contribution in [0.1, 0.15) is 35.6 Å². The lowest BCUT2D eigenvalue weighted by Gasteiger charge is -2.16. The fourth-order valence-electron chi connectivity index (χ4n) is 2.57. The van der Waals surface area contributed by atoms with Crippen LogP contribution in [0.4, 0.5) is 0 Å². The third-order valence-corrected chi connectivity index (χ3v) is 4.92. The molecule has 1 saturated heterocycles. The molecule has 0 amide bonds. The summed E-state index contributed by atoms with van der Waals surface area (Å²) in [6, 6.07) is 2.97. The number of aryl methyl sites for hydroxylation is 2. The van der Waals surface area contributed by atoms with E-state index in [1.165, 1.54) is 41.4 Å². The summed E-state index contributed by atoms with van der Waals surface area (Å²) >= 11 is 1.96. The predicted molar refractivity (Wildman–Crippen MR) is 80.3 cm³/mol. The van der Waals surface area contributed by atoms with Crippen molar-refractivity contribution < 1.29 is 0 Å². The number of hydrogen-bond acceptors (Lipinski definition) is 3. The summed E-state index contributed by atoms with van der Waals surface area (Å²) in [4.78, 5) is 5.61. The first-order chi connectivity index (χ1) is 8.54. The van der Waals surface area contributed by atoms with E-state index in [0.29, 0.717) is 6.04 Å². The van der Waals surface area contributed by atoms with E-state index in [-0.39, 0.29) is 0 Å². The van der Waals surface area contributed by atoms with Crippen LogP contribution in [-0.4, -0.2) is 30.6 Å². The van der Waals surface area contributed by atoms with Crippen LogP contribution >= 0.6 is 11.3 Å². The first-order valence-electron chi connectivity index (χ1n) is 7.06. The van der Waals surface area contributed by atoms with Gasteiger partial charge < -0.3 is 5.32 Å². The van der Waals surface area contributed by atoms with Gasteiger partial charge in [0.15, 0.2) is 0 Å². The Kier molecular flexibility index (Phi) is 4.82. The van der Waals surface area contributed by atoms with E-state index in [1.807, 2.05) is 11.3 Å². The van der Waals surface area contributed by atoms with Crippen molar-refractivity contribution in [2.45, 2.75) is 46.7 Å². The smallest absolute Gasteiger partial charge is 0.0328 e. The second-order valence-electron chi connectivity index (χ2n) is 5.90. The highest BCUT2D eigenvalue weighted by Crippen LogP contribution is 2.24. The summed E-state index contributed by atoms with van der Waals surface area (Å²) in [5.74, 6) is 0.842. The van der Waals surface area contributed by atoms with Crippen LogP contribution in [0, 0.1) is 19.8 Å². The Morgan fingerprint density at radius 3 is 2.83 bits per heavy atom. The molecular weight excluding hydrogens is 240 g/mol. The summed E-state index contributed by atoms with van der Waals surface area (Å²) in [7, 11) is 0. The highest BCUT2D eigenvalue weighted by Gasteiger charge is 2.22. The van der Waals surface area contributed by atoms with Crippen LogP contribution in [0.5, 0.6) is 0 Å². The van der Waals surface area contributed by atoms with Crippen molar-refractivity contribution in [2.75, 3.05) is 19.6 Å². The van der Waals surface area contributed by atoms with Gasteiger partial charge in [-0.3, -0.25) is 4.90 Å². The molecule has 0 saturated carbocycles. The van der Waals surface area contributed by atoms with E-state index >= 15 is 0 Å². The van der Waals surface area contributed by atoms with Gasteiger partial charge in [-0.1, -0.05) is 13.8 Å². The molecule has 1 aromatic rings. The summed E-state index contributed by atoms with van der Waals surface area (Å²) in [6.45, 7) is 13.7. The van der Waals surface area contributed by atoms with Crippen LogP contribution in [0.3, 0.4) is 0 Å². The van der Waals surface area contributed by atoms with E-state index in [1.54, 1.807) is 0 Å². The van der Waals surface area contributed by atoms with Crippen molar-refractivity contribution in [3.63, 3.8) is 0 Å². The molecule has 2 rings (SSSR count). The molecule has 102 valence electrons. The minimum absolute atomic E-state index is 0.613. The van der Waals surface area contributed by atoms with Gasteiger partial charge >= 0.3 is 0 Å². The summed E-state index contributed by atoms with van der Waals surface area (Å²) in [5.41, 5.74) is 1.45. The molecule has 1 aliphatic heterocycles. The molecule has 0 aliphatic carbocycles. The Morgan fingerprint density at radius 2 is 2.22 bits per heavy atom. The molecule has 0 radical (unpaired) electrons. The number of rotatable bonds is 5. The standard InChI is InChI=1S/C15H26N2S/c1-11(2)16-8-14-5-6-17(9-14)10-15-7-12(3)13(4)18-15/h7,11,14,16H,5-6,8-10H2,1-4H3. The van der Waals surface area contributed by atoms with Gasteiger partial charge in [-0.25, -0.2) is 0 Å². The topological polar surface area (TPSA) is 15.3 Å². The summed E-state index contributed by atoms with van der Waals surface area (Å²) in [5, 5.41) is 3.56. The van der Waals surface area contributed by atoms with E-state index in [4.69, 9.17) is 0 Å². The fraction of sp³-hybridized carbons (Fsp3) is 0.733. The minimum Gasteiger partial charge on any atom is -0.314 e. The van der Waals surface area contributed by atoms with Crippen molar-refractivity contribution >= 4 is 11.3 Å². The van der Waals surface area contributed by atoms with E-state index in [2.05, 4.69) is 44.0 Å². The normalized spacial score (nSPS) is 21.1. The van der Waals surface area contributed by atoms with Crippen LogP contribution < -0.4 is 5.32 Å². The molecule has 0 bridgehead atoms. The molecular formula is C15H26N2S. The van der Waals surface area contributed by atoms with Crippen LogP contribution in [-0.2, 0) is 6.54 Å². The number of nitrogens with zero attached hydrogens (tertiary/aromatic N) is 1. The van der Waals surface area contributed by atoms with Gasteiger partial charge in [0, 0.05) is 28.9 Å². The van der Waals surface area contributed by atoms with Crippen molar-refractivity contribution in [2.24, 2.45) is 5.92 Å². The third kappa shape index (κ3) is 3.81. The Balaban J connectivity index is 1.79. The lowest BCUT2D eigenvalue weighted by molar-refractivity contribution is 0.315. The van der Waals surface area contributed by atoms with Gasteiger partial charge in [-0.2, -0.15) is 0 Å². The molecule has 1 fully saturated rings. The Labute approximate surface area is 115 Å². The Hall–Kier alpha value is -0.380. The molecule has 1 aliphatic rings. The SMILES string of the molecule is Cc1cc(CN2CCC(CNC(C)C)C2)sc1C. The minimum atomic E-state index is 0.613. The lowest BCUT2D eigenvalue weighted by atomic mass is 10.1. The van der Waals surface area contributed by atoms with Crippen LogP contribution in [0.2, 0.25) is 0 Å². The van der Waals surface area contributed by atoms with Crippen molar-refractivity contribution in [1.82, 2.24) is 10.2 Å². The second kappa shape index (κ2) is 6.18. The molecule has 18 heavy (non-hydrogen) atoms. The average molecular weight is 266 g/mol. The first kappa shape index (κ1) is 14.0. The molecule has 2 nitrogen and oxygen atoms in total. The van der Waals surface area contributed by atoms with Gasteiger partial charge in [0.1, 0.15) is 0 Å². The lowest BCUT2D eigenvalue weighted by Crippen LogP contribution is -2.30. The van der Waals surface area contributed by atoms with Crippen molar-refractivity contribution in [3.8, 4) is 0 Å². The first-order valence-corrected chi connectivity index (χ1v) is 7.88. The predicted octanol–water partition coefficient (Wildman–Crippen LogP) is 3.18. The highest BCUT2D eigenvalue weighted by atomic mass is 32.1. The number of thiophene rings is 1. The Morgan fingerprint density at radius 1 is 1.44 bits per heavy atom. The maximum Gasteiger partial charge on any atom is 0.0328 e. The van der Waals surface area contributed by atoms with Gasteiger partial charge in [-0.15, -0.1) is 11.3 Å². The van der Waals surface area contributed by atoms with Crippen LogP contribution in [0.15, 0.2) is 6.07 Å². The van der Waals surface area contributed by atoms with Gasteiger partial charge in [0.05, 0.1) is 0 Å². The fourth-order valence-corrected chi connectivity index (χ4v) is 3.67. The van der Waals surface area contributed by atoms with Gasteiger partial charge in [0.25, 0.3) is 0 Å². The Bertz CT molecular complexity index is 364. The largest absolute Gasteiger partial charge is 0.314 e. The molecule has 0 spiro atoms. The molecule has 1 N–H and O–H groups in total. The number of nitrogens with one attached hydrogen (secondary N) is 1. The molecule has 3 heteroatoms. The molecule has 1 aromatic heterocycles. The second-order valence-corrected chi connectivity index (χ2v) is 7.25. The van der Waals surface area contributed by atoms with Crippen LogP contribution in [0.25, 0.3) is 0 Å². The van der Waals surface area contributed by atoms with E-state index < -0.39 is 0 Å². The highest BCUT2D eigenvalue weighted by molar-refractivity contribution is 7.12.